The molecule has 13 heavy (non-hydrogen) atoms. The number of hydrogen-bond acceptors (Lipinski definition) is 5. The third-order valence-electron chi connectivity index (χ3n) is 2.10. The molecule has 0 aromatic rings. The van der Waals surface area contributed by atoms with Crippen molar-refractivity contribution in [1.82, 2.24) is 0 Å². The molecule has 0 unspecified atom stereocenters. The maximum atomic E-state index is 11.4. The fraction of sp³-hybridized carbons (Fsp3) is 0.875. The molecule has 0 aromatic heterocycles. The number of rotatable bonds is 6. The van der Waals surface area contributed by atoms with Gasteiger partial charge in [0.05, 0.1) is 37.8 Å². The first-order valence-electron chi connectivity index (χ1n) is 4.03. The number of Topliss-reactive ketones (excluding diaryl/α,β-unsaturated/α-hetero) is 1. The highest BCUT2D eigenvalue weighted by Gasteiger charge is 2.36. The Balaban J connectivity index is 4.53. The van der Waals surface area contributed by atoms with E-state index in [2.05, 4.69) is 0 Å². The van der Waals surface area contributed by atoms with Crippen LogP contribution in [0.5, 0.6) is 0 Å². The Labute approximate surface area is 76.6 Å². The largest absolute Gasteiger partial charge is 0.396 e. The molecular formula is C8H16O5. The van der Waals surface area contributed by atoms with E-state index in [1.807, 2.05) is 0 Å². The molecule has 4 N–H and O–H groups in total. The minimum Gasteiger partial charge on any atom is -0.396 e. The first kappa shape index (κ1) is 12.5. The summed E-state index contributed by atoms with van der Waals surface area (Å²) in [7, 11) is 0. The van der Waals surface area contributed by atoms with Gasteiger partial charge in [-0.2, -0.15) is 0 Å². The lowest BCUT2D eigenvalue weighted by atomic mass is 9.81. The molecule has 0 aliphatic heterocycles. The van der Waals surface area contributed by atoms with Crippen LogP contribution in [0.3, 0.4) is 0 Å². The smallest absolute Gasteiger partial charge is 0.151 e. The molecule has 0 radical (unpaired) electrons. The molecule has 0 rings (SSSR count). The van der Waals surface area contributed by atoms with Crippen LogP contribution in [0, 0.1) is 11.3 Å². The number of carbonyl (C=O) groups is 1. The zero-order valence-electron chi connectivity index (χ0n) is 7.60. The summed E-state index contributed by atoms with van der Waals surface area (Å²) in [5.74, 6) is -1.45. The van der Waals surface area contributed by atoms with Gasteiger partial charge >= 0.3 is 0 Å². The van der Waals surface area contributed by atoms with Gasteiger partial charge in [0.1, 0.15) is 0 Å². The minimum absolute atomic E-state index is 0.481. The van der Waals surface area contributed by atoms with Gasteiger partial charge in [0.2, 0.25) is 0 Å². The van der Waals surface area contributed by atoms with E-state index < -0.39 is 43.5 Å². The first-order chi connectivity index (χ1) is 6.05. The van der Waals surface area contributed by atoms with Crippen LogP contribution in [0.15, 0.2) is 0 Å². The van der Waals surface area contributed by atoms with Crippen LogP contribution in [0.25, 0.3) is 0 Å². The number of ketones is 1. The summed E-state index contributed by atoms with van der Waals surface area (Å²) in [6, 6.07) is 0. The predicted octanol–water partition coefficient (Wildman–Crippen LogP) is -1.85. The van der Waals surface area contributed by atoms with E-state index in [0.717, 1.165) is 0 Å². The van der Waals surface area contributed by atoms with Crippen LogP contribution in [-0.4, -0.2) is 52.6 Å². The lowest BCUT2D eigenvalue weighted by Crippen LogP contribution is -2.42. The summed E-state index contributed by atoms with van der Waals surface area (Å²) in [6.07, 6.45) is 0. The van der Waals surface area contributed by atoms with Gasteiger partial charge in [-0.1, -0.05) is 0 Å². The molecule has 0 aliphatic carbocycles. The van der Waals surface area contributed by atoms with Gasteiger partial charge in [-0.25, -0.2) is 0 Å². The second-order valence-electron chi connectivity index (χ2n) is 3.30. The Kier molecular flexibility index (Phi) is 5.09. The summed E-state index contributed by atoms with van der Waals surface area (Å²) < 4.78 is 0. The fourth-order valence-corrected chi connectivity index (χ4v) is 0.922. The van der Waals surface area contributed by atoms with Crippen molar-refractivity contribution in [3.63, 3.8) is 0 Å². The van der Waals surface area contributed by atoms with Crippen molar-refractivity contribution in [2.45, 2.75) is 6.92 Å². The Morgan fingerprint density at radius 1 is 1.15 bits per heavy atom. The minimum atomic E-state index is -1.28. The molecule has 5 nitrogen and oxygen atoms in total. The van der Waals surface area contributed by atoms with Crippen LogP contribution in [-0.2, 0) is 4.79 Å². The van der Waals surface area contributed by atoms with Crippen molar-refractivity contribution in [3.05, 3.63) is 0 Å². The van der Waals surface area contributed by atoms with Crippen molar-refractivity contribution >= 4 is 5.78 Å². The molecule has 0 saturated carbocycles. The third kappa shape index (κ3) is 2.73. The normalized spacial score (nSPS) is 12.2. The maximum Gasteiger partial charge on any atom is 0.151 e. The number of hydrogen-bond donors (Lipinski definition) is 4. The lowest BCUT2D eigenvalue weighted by molar-refractivity contribution is -0.139. The van der Waals surface area contributed by atoms with Crippen LogP contribution >= 0.6 is 0 Å². The zero-order chi connectivity index (χ0) is 10.5. The average Bonchev–Trinajstić information content (AvgIpc) is 2.18. The van der Waals surface area contributed by atoms with E-state index in [1.165, 1.54) is 6.92 Å². The molecule has 0 spiro atoms. The topological polar surface area (TPSA) is 98.0 Å². The molecule has 78 valence electrons. The summed E-state index contributed by atoms with van der Waals surface area (Å²) in [5, 5.41) is 35.1. The first-order valence-corrected chi connectivity index (χ1v) is 4.03. The number of carbonyl (C=O) groups excluding carboxylic acids is 1. The van der Waals surface area contributed by atoms with Gasteiger partial charge in [0.15, 0.2) is 5.78 Å². The van der Waals surface area contributed by atoms with Crippen molar-refractivity contribution < 1.29 is 25.2 Å². The van der Waals surface area contributed by atoms with Gasteiger partial charge in [-0.3, -0.25) is 4.79 Å². The highest BCUT2D eigenvalue weighted by molar-refractivity contribution is 5.87. The maximum absolute atomic E-state index is 11.4. The summed E-state index contributed by atoms with van der Waals surface area (Å²) in [6.45, 7) is -0.582. The van der Waals surface area contributed by atoms with E-state index >= 15 is 0 Å². The van der Waals surface area contributed by atoms with Crippen molar-refractivity contribution in [3.8, 4) is 0 Å². The molecule has 0 heterocycles. The van der Waals surface area contributed by atoms with Gasteiger partial charge < -0.3 is 20.4 Å². The van der Waals surface area contributed by atoms with Crippen LogP contribution < -0.4 is 0 Å². The Hall–Kier alpha value is -0.490. The molecule has 0 fully saturated rings. The summed E-state index contributed by atoms with van der Waals surface area (Å²) in [4.78, 5) is 11.4. The SMILES string of the molecule is CC(CO)(CO)C(=O)C(CO)CO. The van der Waals surface area contributed by atoms with Gasteiger partial charge in [0.25, 0.3) is 0 Å². The molecular weight excluding hydrogens is 176 g/mol. The summed E-state index contributed by atoms with van der Waals surface area (Å²) >= 11 is 0. The molecule has 0 atom stereocenters. The van der Waals surface area contributed by atoms with Gasteiger partial charge in [0, 0.05) is 0 Å². The zero-order valence-corrected chi connectivity index (χ0v) is 7.60. The van der Waals surface area contributed by atoms with E-state index in [-0.39, 0.29) is 0 Å². The van der Waals surface area contributed by atoms with Gasteiger partial charge in [-0.15, -0.1) is 0 Å². The van der Waals surface area contributed by atoms with Crippen molar-refractivity contribution in [1.29, 1.82) is 0 Å². The summed E-state index contributed by atoms with van der Waals surface area (Å²) in [5.41, 5.74) is -1.28. The fourth-order valence-electron chi connectivity index (χ4n) is 0.922. The van der Waals surface area contributed by atoms with E-state index in [4.69, 9.17) is 20.4 Å². The van der Waals surface area contributed by atoms with Crippen molar-refractivity contribution in [2.24, 2.45) is 11.3 Å². The molecule has 0 aromatic carbocycles. The van der Waals surface area contributed by atoms with Gasteiger partial charge in [-0.05, 0) is 6.92 Å². The van der Waals surface area contributed by atoms with Crippen molar-refractivity contribution in [2.75, 3.05) is 26.4 Å². The highest BCUT2D eigenvalue weighted by atomic mass is 16.3. The quantitative estimate of drug-likeness (QED) is 0.396. The molecule has 0 bridgehead atoms. The predicted molar refractivity (Wildman–Crippen MR) is 44.9 cm³/mol. The third-order valence-corrected chi connectivity index (χ3v) is 2.10. The monoisotopic (exact) mass is 192 g/mol. The lowest BCUT2D eigenvalue weighted by Gasteiger charge is -2.26. The molecule has 5 heteroatoms. The number of aliphatic hydroxyl groups excluding tert-OH is 4. The van der Waals surface area contributed by atoms with Crippen LogP contribution in [0.1, 0.15) is 6.92 Å². The Morgan fingerprint density at radius 3 is 1.77 bits per heavy atom. The molecule has 0 aliphatic rings. The van der Waals surface area contributed by atoms with E-state index in [9.17, 15) is 4.79 Å². The van der Waals surface area contributed by atoms with Crippen LogP contribution in [0.2, 0.25) is 0 Å². The Morgan fingerprint density at radius 2 is 1.54 bits per heavy atom. The molecule has 0 amide bonds. The van der Waals surface area contributed by atoms with E-state index in [1.54, 1.807) is 0 Å². The second-order valence-corrected chi connectivity index (χ2v) is 3.30. The Bertz CT molecular complexity index is 160. The van der Waals surface area contributed by atoms with Crippen LogP contribution in [0.4, 0.5) is 0 Å². The molecule has 0 saturated heterocycles. The standard InChI is InChI=1S/C8H16O5/c1-8(4-11,5-12)7(13)6(2-9)3-10/h6,9-12H,2-5H2,1H3. The number of aliphatic hydroxyl groups is 4. The average molecular weight is 192 g/mol. The highest BCUT2D eigenvalue weighted by Crippen LogP contribution is 2.20. The second kappa shape index (κ2) is 5.29. The van der Waals surface area contributed by atoms with E-state index in [0.29, 0.717) is 0 Å².